The number of hydrogen-bond acceptors (Lipinski definition) is 8. The van der Waals surface area contributed by atoms with E-state index in [-0.39, 0.29) is 5.70 Å². The lowest BCUT2D eigenvalue weighted by Gasteiger charge is -2.10. The van der Waals surface area contributed by atoms with Crippen LogP contribution < -0.4 is 21.3 Å². The summed E-state index contributed by atoms with van der Waals surface area (Å²) in [6.07, 6.45) is 5.27. The molecule has 12 nitrogen and oxygen atoms in total. The smallest absolute Gasteiger partial charge is 0.326 e. The summed E-state index contributed by atoms with van der Waals surface area (Å²) in [5.74, 6) is 1.31. The molecule has 2 aliphatic rings. The summed E-state index contributed by atoms with van der Waals surface area (Å²) in [5, 5.41) is 15.7. The number of imidazole rings is 1. The number of nitrogens with one attached hydrogen (secondary N) is 4. The SMILES string of the molecule is Cn1c(CNc2nc(NC3CC3)n3ncc(/C=C4\NC(=O)NC4=O)c3n2)nc2ccccc21. The average molecular weight is 444 g/mol. The van der Waals surface area contributed by atoms with E-state index in [1.807, 2.05) is 35.9 Å². The fourth-order valence-corrected chi connectivity index (χ4v) is 3.73. The first-order chi connectivity index (χ1) is 16.0. The maximum absolute atomic E-state index is 11.9. The molecular formula is C21H20N10O2. The number of nitrogens with zero attached hydrogens (tertiary/aromatic N) is 6. The number of aryl methyl sites for hydroxylation is 1. The van der Waals surface area contributed by atoms with Gasteiger partial charge in [-0.25, -0.2) is 9.78 Å². The van der Waals surface area contributed by atoms with Gasteiger partial charge in [0.1, 0.15) is 11.5 Å². The predicted octanol–water partition coefficient (Wildman–Crippen LogP) is 1.38. The van der Waals surface area contributed by atoms with Crippen LogP contribution in [0.1, 0.15) is 24.2 Å². The minimum atomic E-state index is -0.557. The van der Waals surface area contributed by atoms with E-state index in [2.05, 4.69) is 41.3 Å². The molecule has 12 heteroatoms. The molecule has 4 N–H and O–H groups in total. The molecule has 1 aliphatic carbocycles. The largest absolute Gasteiger partial charge is 0.351 e. The van der Waals surface area contributed by atoms with Crippen molar-refractivity contribution in [2.24, 2.45) is 7.05 Å². The van der Waals surface area contributed by atoms with Crippen LogP contribution in [0.3, 0.4) is 0 Å². The number of benzene rings is 1. The Hall–Kier alpha value is -4.48. The zero-order valence-electron chi connectivity index (χ0n) is 17.7. The lowest BCUT2D eigenvalue weighted by molar-refractivity contribution is -0.115. The molecule has 6 rings (SSSR count). The standard InChI is InChI=1S/C21H20N10O2/c1-30-15-5-3-2-4-13(15)25-16(30)10-22-19-27-17-11(8-14-18(32)28-21(33)26-14)9-23-31(17)20(29-19)24-12-6-7-12/h2-5,8-9,12H,6-7,10H2,1H3,(H2,22,24,27,29)(H2,26,28,32,33)/b14-8-. The highest BCUT2D eigenvalue weighted by molar-refractivity contribution is 6.14. The second-order valence-electron chi connectivity index (χ2n) is 8.02. The number of aromatic nitrogens is 6. The van der Waals surface area contributed by atoms with Gasteiger partial charge >= 0.3 is 6.03 Å². The Morgan fingerprint density at radius 2 is 2.00 bits per heavy atom. The lowest BCUT2D eigenvalue weighted by Crippen LogP contribution is -2.22. The number of fused-ring (bicyclic) bond motifs is 2. The predicted molar refractivity (Wildman–Crippen MR) is 120 cm³/mol. The quantitative estimate of drug-likeness (QED) is 0.258. The molecule has 0 unspecified atom stereocenters. The van der Waals surface area contributed by atoms with E-state index in [0.29, 0.717) is 35.7 Å². The molecule has 2 fully saturated rings. The Balaban J connectivity index is 1.35. The molecule has 166 valence electrons. The van der Waals surface area contributed by atoms with Crippen LogP contribution in [0, 0.1) is 0 Å². The van der Waals surface area contributed by atoms with E-state index in [9.17, 15) is 9.59 Å². The van der Waals surface area contributed by atoms with Crippen LogP contribution in [0.2, 0.25) is 0 Å². The molecule has 1 aliphatic heterocycles. The molecule has 1 saturated carbocycles. The van der Waals surface area contributed by atoms with Crippen LogP contribution in [-0.4, -0.2) is 47.1 Å². The van der Waals surface area contributed by atoms with Crippen LogP contribution in [0.4, 0.5) is 16.7 Å². The van der Waals surface area contributed by atoms with Crippen LogP contribution in [-0.2, 0) is 18.4 Å². The first-order valence-electron chi connectivity index (χ1n) is 10.6. The van der Waals surface area contributed by atoms with E-state index < -0.39 is 11.9 Å². The third-order valence-electron chi connectivity index (χ3n) is 5.61. The number of carbonyl (C=O) groups excluding carboxylic acids is 2. The van der Waals surface area contributed by atoms with Gasteiger partial charge in [0.15, 0.2) is 5.65 Å². The lowest BCUT2D eigenvalue weighted by atomic mass is 10.2. The molecular weight excluding hydrogens is 424 g/mol. The zero-order chi connectivity index (χ0) is 22.5. The number of imide groups is 1. The minimum absolute atomic E-state index is 0.138. The van der Waals surface area contributed by atoms with E-state index in [4.69, 9.17) is 0 Å². The van der Waals surface area contributed by atoms with Gasteiger partial charge in [-0.15, -0.1) is 0 Å². The number of para-hydroxylation sites is 2. The summed E-state index contributed by atoms with van der Waals surface area (Å²) in [6.45, 7) is 0.424. The van der Waals surface area contributed by atoms with Crippen molar-refractivity contribution in [2.75, 3.05) is 10.6 Å². The van der Waals surface area contributed by atoms with E-state index in [1.165, 1.54) is 0 Å². The number of rotatable bonds is 6. The molecule has 4 heterocycles. The Morgan fingerprint density at radius 1 is 1.15 bits per heavy atom. The Morgan fingerprint density at radius 3 is 2.76 bits per heavy atom. The fourth-order valence-electron chi connectivity index (χ4n) is 3.73. The highest BCUT2D eigenvalue weighted by Gasteiger charge is 2.26. The normalized spacial score (nSPS) is 17.1. The summed E-state index contributed by atoms with van der Waals surface area (Å²) < 4.78 is 3.62. The van der Waals surface area contributed by atoms with Crippen molar-refractivity contribution in [2.45, 2.75) is 25.4 Å². The van der Waals surface area contributed by atoms with Gasteiger partial charge in [-0.1, -0.05) is 12.1 Å². The van der Waals surface area contributed by atoms with Gasteiger partial charge in [0.25, 0.3) is 5.91 Å². The maximum Gasteiger partial charge on any atom is 0.326 e. The number of hydrogen-bond donors (Lipinski definition) is 4. The second-order valence-corrected chi connectivity index (χ2v) is 8.02. The van der Waals surface area contributed by atoms with Crippen molar-refractivity contribution >= 4 is 46.6 Å². The second kappa shape index (κ2) is 7.29. The summed E-state index contributed by atoms with van der Waals surface area (Å²) in [6, 6.07) is 7.73. The van der Waals surface area contributed by atoms with Gasteiger partial charge in [-0.3, -0.25) is 10.1 Å². The highest BCUT2D eigenvalue weighted by Crippen LogP contribution is 2.26. The molecule has 0 bridgehead atoms. The molecule has 3 amide bonds. The van der Waals surface area contributed by atoms with Crippen molar-refractivity contribution in [3.8, 4) is 0 Å². The maximum atomic E-state index is 11.9. The van der Waals surface area contributed by atoms with E-state index in [1.54, 1.807) is 16.8 Å². The first-order valence-corrected chi connectivity index (χ1v) is 10.6. The van der Waals surface area contributed by atoms with Gasteiger partial charge in [-0.05, 0) is 31.1 Å². The van der Waals surface area contributed by atoms with Crippen molar-refractivity contribution in [3.63, 3.8) is 0 Å². The van der Waals surface area contributed by atoms with Crippen LogP contribution >= 0.6 is 0 Å². The Labute approximate surface area is 187 Å². The molecule has 0 atom stereocenters. The van der Waals surface area contributed by atoms with Gasteiger partial charge in [0.2, 0.25) is 11.9 Å². The Kier molecular flexibility index (Phi) is 4.25. The molecule has 0 radical (unpaired) electrons. The van der Waals surface area contributed by atoms with Crippen LogP contribution in [0.15, 0.2) is 36.2 Å². The highest BCUT2D eigenvalue weighted by atomic mass is 16.2. The summed E-state index contributed by atoms with van der Waals surface area (Å²) in [4.78, 5) is 37.3. The topological polar surface area (TPSA) is 143 Å². The van der Waals surface area contributed by atoms with E-state index in [0.717, 1.165) is 29.7 Å². The molecule has 3 aromatic heterocycles. The fraction of sp³-hybridized carbons (Fsp3) is 0.238. The molecule has 4 aromatic rings. The van der Waals surface area contributed by atoms with Crippen molar-refractivity contribution in [1.82, 2.24) is 39.8 Å². The number of carbonyl (C=O) groups is 2. The summed E-state index contributed by atoms with van der Waals surface area (Å²) in [5.41, 5.74) is 3.19. The molecule has 1 aromatic carbocycles. The summed E-state index contributed by atoms with van der Waals surface area (Å²) >= 11 is 0. The third kappa shape index (κ3) is 3.50. The average Bonchev–Trinajstić information content (AvgIpc) is 3.31. The molecule has 1 saturated heterocycles. The zero-order valence-corrected chi connectivity index (χ0v) is 17.7. The number of urea groups is 1. The summed E-state index contributed by atoms with van der Waals surface area (Å²) in [7, 11) is 1.97. The monoisotopic (exact) mass is 444 g/mol. The third-order valence-corrected chi connectivity index (χ3v) is 5.61. The first kappa shape index (κ1) is 19.2. The van der Waals surface area contributed by atoms with Gasteiger partial charge in [0, 0.05) is 18.7 Å². The van der Waals surface area contributed by atoms with Gasteiger partial charge in [0.05, 0.1) is 23.8 Å². The van der Waals surface area contributed by atoms with E-state index >= 15 is 0 Å². The van der Waals surface area contributed by atoms with Crippen molar-refractivity contribution in [3.05, 3.63) is 47.5 Å². The minimum Gasteiger partial charge on any atom is -0.351 e. The number of amides is 3. The van der Waals surface area contributed by atoms with Crippen molar-refractivity contribution in [1.29, 1.82) is 0 Å². The molecule has 0 spiro atoms. The van der Waals surface area contributed by atoms with Crippen LogP contribution in [0.5, 0.6) is 0 Å². The molecule has 33 heavy (non-hydrogen) atoms. The van der Waals surface area contributed by atoms with Gasteiger partial charge in [-0.2, -0.15) is 19.6 Å². The van der Waals surface area contributed by atoms with Crippen molar-refractivity contribution < 1.29 is 9.59 Å². The number of anilines is 2. The van der Waals surface area contributed by atoms with Gasteiger partial charge < -0.3 is 20.5 Å². The van der Waals surface area contributed by atoms with Crippen LogP contribution in [0.25, 0.3) is 22.8 Å². The Bertz CT molecular complexity index is 1460.